The summed E-state index contributed by atoms with van der Waals surface area (Å²) in [5, 5.41) is 4.59. The Kier molecular flexibility index (Phi) is 7.86. The van der Waals surface area contributed by atoms with Crippen LogP contribution in [0.15, 0.2) is 29.4 Å². The number of nitrogens with one attached hydrogen (secondary N) is 2. The molecule has 1 aromatic carbocycles. The Morgan fingerprint density at radius 2 is 2.13 bits per heavy atom. The van der Waals surface area contributed by atoms with E-state index in [0.29, 0.717) is 19.6 Å². The summed E-state index contributed by atoms with van der Waals surface area (Å²) >= 11 is 0. The molecule has 1 unspecified atom stereocenters. The van der Waals surface area contributed by atoms with Crippen molar-refractivity contribution in [1.29, 1.82) is 0 Å². The Hall–Kier alpha value is -2.22. The van der Waals surface area contributed by atoms with Crippen molar-refractivity contribution in [2.45, 2.75) is 39.8 Å². The quantitative estimate of drug-likeness (QED) is 0.481. The molecule has 1 atom stereocenters. The Labute approximate surface area is 182 Å². The first-order valence-electron chi connectivity index (χ1n) is 11.2. The van der Waals surface area contributed by atoms with E-state index in [0.717, 1.165) is 38.4 Å². The third-order valence-electron chi connectivity index (χ3n) is 5.94. The lowest BCUT2D eigenvalue weighted by molar-refractivity contribution is -0.146. The van der Waals surface area contributed by atoms with Crippen molar-refractivity contribution in [3.05, 3.63) is 35.5 Å². The molecular formula is C23H34F3N5. The number of para-hydroxylation sites is 1. The number of alkyl halides is 3. The summed E-state index contributed by atoms with van der Waals surface area (Å²) in [7, 11) is 0. The van der Waals surface area contributed by atoms with Gasteiger partial charge < -0.3 is 15.2 Å². The molecule has 3 rings (SSSR count). The number of benzene rings is 1. The first-order valence-corrected chi connectivity index (χ1v) is 11.2. The van der Waals surface area contributed by atoms with Crippen LogP contribution in [0.4, 0.5) is 13.2 Å². The Balaban J connectivity index is 1.58. The fourth-order valence-electron chi connectivity index (χ4n) is 4.38. The predicted molar refractivity (Wildman–Crippen MR) is 121 cm³/mol. The number of hydrogen-bond donors (Lipinski definition) is 2. The van der Waals surface area contributed by atoms with Crippen LogP contribution in [0.1, 0.15) is 31.4 Å². The minimum absolute atomic E-state index is 0.225. The fourth-order valence-corrected chi connectivity index (χ4v) is 4.38. The Bertz CT molecular complexity index is 874. The summed E-state index contributed by atoms with van der Waals surface area (Å²) < 4.78 is 38.3. The van der Waals surface area contributed by atoms with Crippen molar-refractivity contribution >= 4 is 16.9 Å². The molecule has 0 radical (unpaired) electrons. The van der Waals surface area contributed by atoms with Crippen LogP contribution in [-0.2, 0) is 6.42 Å². The van der Waals surface area contributed by atoms with Gasteiger partial charge in [0.15, 0.2) is 5.96 Å². The van der Waals surface area contributed by atoms with Crippen LogP contribution < -0.4 is 5.32 Å². The summed E-state index contributed by atoms with van der Waals surface area (Å²) in [6.07, 6.45) is -0.358. The summed E-state index contributed by atoms with van der Waals surface area (Å²) in [5.74, 6) is 1.09. The van der Waals surface area contributed by atoms with E-state index < -0.39 is 12.7 Å². The van der Waals surface area contributed by atoms with Gasteiger partial charge in [-0.3, -0.25) is 9.89 Å². The monoisotopic (exact) mass is 437 g/mol. The van der Waals surface area contributed by atoms with Crippen LogP contribution in [-0.4, -0.2) is 72.7 Å². The van der Waals surface area contributed by atoms with Gasteiger partial charge in [0, 0.05) is 49.8 Å². The van der Waals surface area contributed by atoms with Crippen LogP contribution in [0.2, 0.25) is 0 Å². The lowest BCUT2D eigenvalue weighted by Crippen LogP contribution is -2.42. The van der Waals surface area contributed by atoms with Crippen molar-refractivity contribution < 1.29 is 13.2 Å². The number of aliphatic imine (C=N–C) groups is 1. The lowest BCUT2D eigenvalue weighted by Gasteiger charge is -2.26. The number of rotatable bonds is 8. The maximum absolute atomic E-state index is 12.8. The van der Waals surface area contributed by atoms with E-state index in [4.69, 9.17) is 4.99 Å². The summed E-state index contributed by atoms with van der Waals surface area (Å²) in [4.78, 5) is 11.9. The highest BCUT2D eigenvalue weighted by Crippen LogP contribution is 2.23. The molecule has 2 aromatic rings. The van der Waals surface area contributed by atoms with Gasteiger partial charge in [-0.25, -0.2) is 0 Å². The minimum atomic E-state index is -4.15. The molecule has 0 bridgehead atoms. The topological polar surface area (TPSA) is 46.7 Å². The van der Waals surface area contributed by atoms with Gasteiger partial charge in [-0.1, -0.05) is 25.1 Å². The third kappa shape index (κ3) is 6.38. The molecule has 0 amide bonds. The van der Waals surface area contributed by atoms with Gasteiger partial charge in [-0.15, -0.1) is 0 Å². The van der Waals surface area contributed by atoms with Gasteiger partial charge in [0.1, 0.15) is 0 Å². The first-order chi connectivity index (χ1) is 14.8. The third-order valence-corrected chi connectivity index (χ3v) is 5.94. The lowest BCUT2D eigenvalue weighted by atomic mass is 10.1. The zero-order valence-corrected chi connectivity index (χ0v) is 18.7. The second kappa shape index (κ2) is 10.4. The maximum atomic E-state index is 12.8. The van der Waals surface area contributed by atoms with Crippen LogP contribution in [0.5, 0.6) is 0 Å². The van der Waals surface area contributed by atoms with E-state index >= 15 is 0 Å². The zero-order chi connectivity index (χ0) is 22.4. The Morgan fingerprint density at radius 3 is 2.84 bits per heavy atom. The van der Waals surface area contributed by atoms with Gasteiger partial charge in [0.25, 0.3) is 0 Å². The van der Waals surface area contributed by atoms with Crippen LogP contribution in [0, 0.1) is 12.8 Å². The largest absolute Gasteiger partial charge is 0.401 e. The van der Waals surface area contributed by atoms with E-state index in [1.54, 1.807) is 6.92 Å². The molecule has 1 aromatic heterocycles. The number of aromatic nitrogens is 1. The van der Waals surface area contributed by atoms with Crippen molar-refractivity contribution in [2.24, 2.45) is 10.9 Å². The molecule has 2 N–H and O–H groups in total. The summed E-state index contributed by atoms with van der Waals surface area (Å²) in [6, 6.07) is 6.31. The van der Waals surface area contributed by atoms with Crippen LogP contribution in [0.3, 0.4) is 0 Å². The van der Waals surface area contributed by atoms with E-state index in [1.165, 1.54) is 26.9 Å². The van der Waals surface area contributed by atoms with E-state index in [1.807, 2.05) is 6.92 Å². The van der Waals surface area contributed by atoms with Crippen LogP contribution >= 0.6 is 0 Å². The predicted octanol–water partition coefficient (Wildman–Crippen LogP) is 4.19. The van der Waals surface area contributed by atoms with Gasteiger partial charge in [0.05, 0.1) is 6.54 Å². The molecule has 0 saturated carbocycles. The van der Waals surface area contributed by atoms with Gasteiger partial charge >= 0.3 is 6.18 Å². The average molecular weight is 438 g/mol. The number of aromatic amines is 1. The molecule has 31 heavy (non-hydrogen) atoms. The summed E-state index contributed by atoms with van der Waals surface area (Å²) in [6.45, 7) is 8.97. The fraction of sp³-hybridized carbons (Fsp3) is 0.609. The molecule has 5 nitrogen and oxygen atoms in total. The number of fused-ring (bicyclic) bond motifs is 1. The van der Waals surface area contributed by atoms with Crippen molar-refractivity contribution in [3.8, 4) is 0 Å². The second-order valence-electron chi connectivity index (χ2n) is 8.34. The molecule has 8 heteroatoms. The van der Waals surface area contributed by atoms with Crippen molar-refractivity contribution in [3.63, 3.8) is 0 Å². The molecule has 0 spiro atoms. The van der Waals surface area contributed by atoms with E-state index in [2.05, 4.69) is 46.5 Å². The zero-order valence-electron chi connectivity index (χ0n) is 18.7. The summed E-state index contributed by atoms with van der Waals surface area (Å²) in [5.41, 5.74) is 3.66. The number of halogens is 3. The second-order valence-corrected chi connectivity index (χ2v) is 8.34. The first kappa shape index (κ1) is 23.4. The maximum Gasteiger partial charge on any atom is 0.401 e. The molecule has 1 aliphatic heterocycles. The van der Waals surface area contributed by atoms with Gasteiger partial charge in [0.2, 0.25) is 0 Å². The standard InChI is InChI=1S/C23H34F3N5/c1-4-27-22(28-11-9-19-13-29-21-17(3)7-6-8-20(19)21)31-12-10-18(15-31)14-30(5-2)16-23(24,25)26/h6-8,13,18,29H,4-5,9-12,14-16H2,1-3H3,(H,27,28). The highest BCUT2D eigenvalue weighted by molar-refractivity contribution is 5.86. The molecule has 1 saturated heterocycles. The number of nitrogens with zero attached hydrogens (tertiary/aromatic N) is 3. The molecule has 1 fully saturated rings. The average Bonchev–Trinajstić information content (AvgIpc) is 3.34. The highest BCUT2D eigenvalue weighted by Gasteiger charge is 2.33. The van der Waals surface area contributed by atoms with Crippen molar-refractivity contribution in [2.75, 3.05) is 45.8 Å². The number of aryl methyl sites for hydroxylation is 1. The van der Waals surface area contributed by atoms with Crippen LogP contribution in [0.25, 0.3) is 10.9 Å². The van der Waals surface area contributed by atoms with Crippen molar-refractivity contribution in [1.82, 2.24) is 20.1 Å². The minimum Gasteiger partial charge on any atom is -0.361 e. The Morgan fingerprint density at radius 1 is 1.32 bits per heavy atom. The molecule has 2 heterocycles. The smallest absolute Gasteiger partial charge is 0.361 e. The molecule has 1 aliphatic rings. The van der Waals surface area contributed by atoms with E-state index in [-0.39, 0.29) is 5.92 Å². The molecule has 172 valence electrons. The van der Waals surface area contributed by atoms with Gasteiger partial charge in [-0.2, -0.15) is 13.2 Å². The van der Waals surface area contributed by atoms with Gasteiger partial charge in [-0.05, 0) is 50.3 Å². The number of guanidine groups is 1. The molecule has 0 aliphatic carbocycles. The number of hydrogen-bond acceptors (Lipinski definition) is 2. The number of likely N-dealkylation sites (tertiary alicyclic amines) is 1. The molecular weight excluding hydrogens is 403 g/mol. The van der Waals surface area contributed by atoms with E-state index in [9.17, 15) is 13.2 Å². The highest BCUT2D eigenvalue weighted by atomic mass is 19.4. The number of H-pyrrole nitrogens is 1. The SMILES string of the molecule is CCNC(=NCCc1c[nH]c2c(C)cccc12)N1CCC(CN(CC)CC(F)(F)F)C1. The normalized spacial score (nSPS) is 17.8.